The molecule has 0 aromatic heterocycles. The number of rotatable bonds is 11. The zero-order valence-corrected chi connectivity index (χ0v) is 14.8. The zero-order chi connectivity index (χ0) is 14.6. The third-order valence-electron chi connectivity index (χ3n) is 4.62. The molecule has 1 rings (SSSR count). The number of thioether (sulfide) groups is 1. The summed E-state index contributed by atoms with van der Waals surface area (Å²) >= 11 is 1.97. The maximum Gasteiger partial charge on any atom is 0.00679 e. The molecule has 1 atom stereocenters. The van der Waals surface area contributed by atoms with Gasteiger partial charge in [-0.2, -0.15) is 11.8 Å². The van der Waals surface area contributed by atoms with Crippen LogP contribution in [0.1, 0.15) is 58.8 Å². The minimum Gasteiger partial charge on any atom is -0.314 e. The van der Waals surface area contributed by atoms with E-state index in [1.807, 2.05) is 11.8 Å². The van der Waals surface area contributed by atoms with Gasteiger partial charge in [0.05, 0.1) is 0 Å². The van der Waals surface area contributed by atoms with Gasteiger partial charge in [0, 0.05) is 6.04 Å². The van der Waals surface area contributed by atoms with Crippen LogP contribution in [0.15, 0.2) is 0 Å². The van der Waals surface area contributed by atoms with Crippen LogP contribution in [0.2, 0.25) is 0 Å². The molecule has 1 aliphatic rings. The van der Waals surface area contributed by atoms with Crippen molar-refractivity contribution >= 4 is 11.8 Å². The fourth-order valence-electron chi connectivity index (χ4n) is 3.21. The Hall–Kier alpha value is 0.270. The van der Waals surface area contributed by atoms with Crippen molar-refractivity contribution in [2.75, 3.05) is 38.2 Å². The number of hydrogen-bond acceptors (Lipinski definition) is 3. The lowest BCUT2D eigenvalue weighted by atomic mass is 9.90. The van der Waals surface area contributed by atoms with Crippen LogP contribution in [0, 0.1) is 5.92 Å². The molecule has 120 valence electrons. The summed E-state index contributed by atoms with van der Waals surface area (Å²) in [6.45, 7) is 9.84. The van der Waals surface area contributed by atoms with Crippen molar-refractivity contribution in [1.29, 1.82) is 0 Å². The van der Waals surface area contributed by atoms with Crippen molar-refractivity contribution in [1.82, 2.24) is 10.2 Å². The monoisotopic (exact) mass is 300 g/mol. The van der Waals surface area contributed by atoms with Crippen molar-refractivity contribution in [3.63, 3.8) is 0 Å². The van der Waals surface area contributed by atoms with Crippen LogP contribution in [0.4, 0.5) is 0 Å². The highest BCUT2D eigenvalue weighted by Crippen LogP contribution is 2.20. The van der Waals surface area contributed by atoms with Gasteiger partial charge in [-0.3, -0.25) is 0 Å². The van der Waals surface area contributed by atoms with Gasteiger partial charge in [-0.1, -0.05) is 19.8 Å². The standard InChI is InChI=1S/C17H36N2S/c1-4-12-19-13-9-17(10-14-19)16(2)18-11-7-5-6-8-15-20-3/h16-18H,4-15H2,1-3H3. The van der Waals surface area contributed by atoms with E-state index in [2.05, 4.69) is 30.3 Å². The number of nitrogens with zero attached hydrogens (tertiary/aromatic N) is 1. The van der Waals surface area contributed by atoms with Gasteiger partial charge in [-0.25, -0.2) is 0 Å². The molecule has 1 heterocycles. The summed E-state index contributed by atoms with van der Waals surface area (Å²) in [6.07, 6.45) is 11.8. The number of unbranched alkanes of at least 4 members (excludes halogenated alkanes) is 3. The van der Waals surface area contributed by atoms with Gasteiger partial charge in [-0.15, -0.1) is 0 Å². The summed E-state index contributed by atoms with van der Waals surface area (Å²) in [5, 5.41) is 3.77. The summed E-state index contributed by atoms with van der Waals surface area (Å²) in [6, 6.07) is 0.713. The zero-order valence-electron chi connectivity index (χ0n) is 14.0. The average Bonchev–Trinajstić information content (AvgIpc) is 2.47. The number of nitrogens with one attached hydrogen (secondary N) is 1. The molecule has 0 radical (unpaired) electrons. The van der Waals surface area contributed by atoms with Gasteiger partial charge in [-0.05, 0) is 83.1 Å². The molecule has 3 heteroatoms. The fraction of sp³-hybridized carbons (Fsp3) is 1.00. The smallest absolute Gasteiger partial charge is 0.00679 e. The second kappa shape index (κ2) is 11.9. The topological polar surface area (TPSA) is 15.3 Å². The van der Waals surface area contributed by atoms with E-state index in [0.29, 0.717) is 6.04 Å². The molecule has 0 aromatic rings. The minimum atomic E-state index is 0.713. The Balaban J connectivity index is 1.98. The summed E-state index contributed by atoms with van der Waals surface area (Å²) in [7, 11) is 0. The molecular formula is C17H36N2S. The van der Waals surface area contributed by atoms with Gasteiger partial charge in [0.15, 0.2) is 0 Å². The molecule has 0 saturated carbocycles. The molecule has 1 saturated heterocycles. The first-order valence-corrected chi connectivity index (χ1v) is 10.1. The Morgan fingerprint density at radius 1 is 1.15 bits per heavy atom. The van der Waals surface area contributed by atoms with Gasteiger partial charge < -0.3 is 10.2 Å². The normalized spacial score (nSPS) is 19.4. The molecule has 1 aliphatic heterocycles. The van der Waals surface area contributed by atoms with Crippen LogP contribution >= 0.6 is 11.8 Å². The molecule has 1 unspecified atom stereocenters. The molecule has 1 fully saturated rings. The van der Waals surface area contributed by atoms with Crippen molar-refractivity contribution in [3.05, 3.63) is 0 Å². The highest BCUT2D eigenvalue weighted by atomic mass is 32.2. The van der Waals surface area contributed by atoms with E-state index in [1.54, 1.807) is 0 Å². The van der Waals surface area contributed by atoms with Crippen LogP contribution < -0.4 is 5.32 Å². The van der Waals surface area contributed by atoms with Gasteiger partial charge >= 0.3 is 0 Å². The van der Waals surface area contributed by atoms with E-state index in [1.165, 1.54) is 76.9 Å². The molecule has 0 amide bonds. The SMILES string of the molecule is CCCN1CCC(C(C)NCCCCCCSC)CC1. The first-order valence-electron chi connectivity index (χ1n) is 8.72. The van der Waals surface area contributed by atoms with Crippen LogP contribution in [0.3, 0.4) is 0 Å². The molecule has 0 spiro atoms. The van der Waals surface area contributed by atoms with Crippen molar-refractivity contribution in [3.8, 4) is 0 Å². The second-order valence-electron chi connectivity index (χ2n) is 6.33. The molecular weight excluding hydrogens is 264 g/mol. The third kappa shape index (κ3) is 7.90. The van der Waals surface area contributed by atoms with Crippen molar-refractivity contribution in [2.45, 2.75) is 64.8 Å². The third-order valence-corrected chi connectivity index (χ3v) is 5.32. The summed E-state index contributed by atoms with van der Waals surface area (Å²) in [5.74, 6) is 2.24. The van der Waals surface area contributed by atoms with Crippen LogP contribution in [0.5, 0.6) is 0 Å². The first kappa shape index (κ1) is 18.3. The second-order valence-corrected chi connectivity index (χ2v) is 7.31. The fourth-order valence-corrected chi connectivity index (χ4v) is 3.71. The Kier molecular flexibility index (Phi) is 10.9. The average molecular weight is 301 g/mol. The quantitative estimate of drug-likeness (QED) is 0.580. The minimum absolute atomic E-state index is 0.713. The van der Waals surface area contributed by atoms with Gasteiger partial charge in [0.1, 0.15) is 0 Å². The predicted octanol–water partition coefficient (Wildman–Crippen LogP) is 4.01. The highest BCUT2D eigenvalue weighted by molar-refractivity contribution is 7.98. The van der Waals surface area contributed by atoms with Crippen molar-refractivity contribution < 1.29 is 0 Å². The Morgan fingerprint density at radius 3 is 2.50 bits per heavy atom. The molecule has 0 bridgehead atoms. The highest BCUT2D eigenvalue weighted by Gasteiger charge is 2.22. The number of piperidine rings is 1. The number of likely N-dealkylation sites (tertiary alicyclic amines) is 1. The van der Waals surface area contributed by atoms with E-state index in [-0.39, 0.29) is 0 Å². The molecule has 2 nitrogen and oxygen atoms in total. The largest absolute Gasteiger partial charge is 0.314 e. The van der Waals surface area contributed by atoms with Crippen LogP contribution in [0.25, 0.3) is 0 Å². The van der Waals surface area contributed by atoms with E-state index in [9.17, 15) is 0 Å². The van der Waals surface area contributed by atoms with E-state index >= 15 is 0 Å². The molecule has 1 N–H and O–H groups in total. The maximum absolute atomic E-state index is 3.77. The van der Waals surface area contributed by atoms with E-state index in [4.69, 9.17) is 0 Å². The van der Waals surface area contributed by atoms with Crippen LogP contribution in [-0.4, -0.2) is 49.1 Å². The maximum atomic E-state index is 3.77. The summed E-state index contributed by atoms with van der Waals surface area (Å²) in [4.78, 5) is 2.63. The lowest BCUT2D eigenvalue weighted by molar-refractivity contribution is 0.163. The van der Waals surface area contributed by atoms with E-state index < -0.39 is 0 Å². The molecule has 0 aliphatic carbocycles. The molecule has 20 heavy (non-hydrogen) atoms. The molecule has 0 aromatic carbocycles. The summed E-state index contributed by atoms with van der Waals surface area (Å²) in [5.41, 5.74) is 0. The lowest BCUT2D eigenvalue weighted by Gasteiger charge is -2.35. The Bertz CT molecular complexity index is 215. The van der Waals surface area contributed by atoms with Gasteiger partial charge in [0.25, 0.3) is 0 Å². The van der Waals surface area contributed by atoms with Crippen LogP contribution in [-0.2, 0) is 0 Å². The van der Waals surface area contributed by atoms with Crippen molar-refractivity contribution in [2.24, 2.45) is 5.92 Å². The Labute approximate surface area is 131 Å². The number of hydrogen-bond donors (Lipinski definition) is 1. The summed E-state index contributed by atoms with van der Waals surface area (Å²) < 4.78 is 0. The first-order chi connectivity index (χ1) is 9.77. The lowest BCUT2D eigenvalue weighted by Crippen LogP contribution is -2.42. The van der Waals surface area contributed by atoms with Gasteiger partial charge in [0.2, 0.25) is 0 Å². The predicted molar refractivity (Wildman–Crippen MR) is 93.8 cm³/mol. The Morgan fingerprint density at radius 2 is 1.85 bits per heavy atom. The van der Waals surface area contributed by atoms with E-state index in [0.717, 1.165) is 5.92 Å².